The molecule has 3 heteroatoms. The Labute approximate surface area is 73.0 Å². The first-order valence-electron chi connectivity index (χ1n) is 4.01. The minimum absolute atomic E-state index is 0.349. The molecule has 1 aromatic rings. The van der Waals surface area contributed by atoms with Crippen LogP contribution in [0.2, 0.25) is 0 Å². The second-order valence-corrected chi connectivity index (χ2v) is 3.64. The van der Waals surface area contributed by atoms with E-state index in [1.807, 2.05) is 27.7 Å². The molecule has 0 saturated carbocycles. The maximum Gasteiger partial charge on any atom is 0.125 e. The van der Waals surface area contributed by atoms with Gasteiger partial charge in [0.15, 0.2) is 0 Å². The van der Waals surface area contributed by atoms with E-state index >= 15 is 0 Å². The van der Waals surface area contributed by atoms with Crippen molar-refractivity contribution in [1.29, 1.82) is 0 Å². The van der Waals surface area contributed by atoms with Gasteiger partial charge in [-0.2, -0.15) is 0 Å². The average molecular weight is 165 g/mol. The molecular weight excluding hydrogens is 150 g/mol. The highest BCUT2D eigenvalue weighted by atomic mass is 14.9. The van der Waals surface area contributed by atoms with E-state index in [9.17, 15) is 0 Å². The minimum atomic E-state index is -0.349. The number of hydrogen-bond donors (Lipinski definition) is 1. The summed E-state index contributed by atoms with van der Waals surface area (Å²) in [6.45, 7) is 7.74. The van der Waals surface area contributed by atoms with Gasteiger partial charge in [-0.25, -0.2) is 9.97 Å². The highest BCUT2D eigenvalue weighted by Gasteiger charge is 2.17. The van der Waals surface area contributed by atoms with Gasteiger partial charge in [0.2, 0.25) is 0 Å². The van der Waals surface area contributed by atoms with Gasteiger partial charge in [0, 0.05) is 23.0 Å². The molecule has 12 heavy (non-hydrogen) atoms. The molecule has 0 saturated heterocycles. The van der Waals surface area contributed by atoms with E-state index in [1.54, 1.807) is 6.20 Å². The number of rotatable bonds is 1. The molecule has 1 rings (SSSR count). The van der Waals surface area contributed by atoms with Crippen LogP contribution in [0.4, 0.5) is 0 Å². The molecule has 0 spiro atoms. The smallest absolute Gasteiger partial charge is 0.125 e. The molecule has 0 atom stereocenters. The van der Waals surface area contributed by atoms with Crippen molar-refractivity contribution in [3.8, 4) is 0 Å². The first kappa shape index (κ1) is 9.13. The van der Waals surface area contributed by atoms with Crippen LogP contribution in [0.25, 0.3) is 0 Å². The largest absolute Gasteiger partial charge is 0.322 e. The first-order chi connectivity index (χ1) is 5.41. The van der Waals surface area contributed by atoms with Gasteiger partial charge >= 0.3 is 0 Å². The number of aryl methyl sites for hydroxylation is 2. The molecule has 0 bridgehead atoms. The van der Waals surface area contributed by atoms with Crippen LogP contribution in [0.3, 0.4) is 0 Å². The summed E-state index contributed by atoms with van der Waals surface area (Å²) in [5.41, 5.74) is 7.55. The molecule has 1 heterocycles. The molecule has 0 aliphatic heterocycles. The molecule has 3 nitrogen and oxygen atoms in total. The van der Waals surface area contributed by atoms with Crippen molar-refractivity contribution in [3.63, 3.8) is 0 Å². The van der Waals surface area contributed by atoms with E-state index in [4.69, 9.17) is 5.73 Å². The van der Waals surface area contributed by atoms with Crippen LogP contribution in [-0.4, -0.2) is 9.97 Å². The zero-order valence-corrected chi connectivity index (χ0v) is 8.05. The van der Waals surface area contributed by atoms with Crippen LogP contribution in [0.1, 0.15) is 30.9 Å². The van der Waals surface area contributed by atoms with Gasteiger partial charge in [0.05, 0.1) is 0 Å². The van der Waals surface area contributed by atoms with Crippen LogP contribution in [-0.2, 0) is 5.54 Å². The maximum atomic E-state index is 5.93. The predicted octanol–water partition coefficient (Wildman–Crippen LogP) is 1.29. The Bertz CT molecular complexity index is 286. The van der Waals surface area contributed by atoms with Gasteiger partial charge in [-0.3, -0.25) is 0 Å². The topological polar surface area (TPSA) is 51.8 Å². The molecule has 0 aromatic carbocycles. The lowest BCUT2D eigenvalue weighted by molar-refractivity contribution is 0.543. The van der Waals surface area contributed by atoms with Crippen molar-refractivity contribution in [2.45, 2.75) is 33.2 Å². The van der Waals surface area contributed by atoms with E-state index in [-0.39, 0.29) is 5.54 Å². The lowest BCUT2D eigenvalue weighted by atomic mass is 9.96. The summed E-state index contributed by atoms with van der Waals surface area (Å²) >= 11 is 0. The Morgan fingerprint density at radius 1 is 1.33 bits per heavy atom. The standard InChI is InChI=1S/C9H15N3/c1-6-8(9(3,4)10)5-11-7(2)12-6/h5H,10H2,1-4H3. The Balaban J connectivity index is 3.19. The first-order valence-corrected chi connectivity index (χ1v) is 4.01. The van der Waals surface area contributed by atoms with E-state index < -0.39 is 0 Å². The van der Waals surface area contributed by atoms with Crippen molar-refractivity contribution in [1.82, 2.24) is 9.97 Å². The normalized spacial score (nSPS) is 11.8. The average Bonchev–Trinajstić information content (AvgIpc) is 1.83. The van der Waals surface area contributed by atoms with Gasteiger partial charge in [-0.05, 0) is 27.7 Å². The van der Waals surface area contributed by atoms with Crippen molar-refractivity contribution < 1.29 is 0 Å². The van der Waals surface area contributed by atoms with Crippen LogP contribution >= 0.6 is 0 Å². The number of nitrogens with zero attached hydrogens (tertiary/aromatic N) is 2. The Hall–Kier alpha value is -0.960. The predicted molar refractivity (Wildman–Crippen MR) is 48.7 cm³/mol. The van der Waals surface area contributed by atoms with Crippen LogP contribution < -0.4 is 5.73 Å². The van der Waals surface area contributed by atoms with Crippen LogP contribution in [0.5, 0.6) is 0 Å². The fourth-order valence-electron chi connectivity index (χ4n) is 1.22. The second-order valence-electron chi connectivity index (χ2n) is 3.64. The van der Waals surface area contributed by atoms with E-state index in [0.29, 0.717) is 0 Å². The molecule has 0 radical (unpaired) electrons. The minimum Gasteiger partial charge on any atom is -0.322 e. The molecule has 0 fully saturated rings. The van der Waals surface area contributed by atoms with Gasteiger partial charge < -0.3 is 5.73 Å². The zero-order valence-electron chi connectivity index (χ0n) is 8.05. The third kappa shape index (κ3) is 1.80. The Kier molecular flexibility index (Phi) is 2.15. The van der Waals surface area contributed by atoms with Gasteiger partial charge in [-0.15, -0.1) is 0 Å². The number of hydrogen-bond acceptors (Lipinski definition) is 3. The fourth-order valence-corrected chi connectivity index (χ4v) is 1.22. The van der Waals surface area contributed by atoms with Gasteiger partial charge in [0.1, 0.15) is 5.82 Å². The highest BCUT2D eigenvalue weighted by Crippen LogP contribution is 2.17. The van der Waals surface area contributed by atoms with Crippen molar-refractivity contribution >= 4 is 0 Å². The van der Waals surface area contributed by atoms with Crippen LogP contribution in [0, 0.1) is 13.8 Å². The summed E-state index contributed by atoms with van der Waals surface area (Å²) in [4.78, 5) is 8.36. The van der Waals surface area contributed by atoms with Crippen molar-refractivity contribution in [3.05, 3.63) is 23.3 Å². The molecule has 1 aromatic heterocycles. The number of aromatic nitrogens is 2. The summed E-state index contributed by atoms with van der Waals surface area (Å²) in [6.07, 6.45) is 1.80. The second kappa shape index (κ2) is 2.83. The fraction of sp³-hybridized carbons (Fsp3) is 0.556. The molecule has 0 aliphatic rings. The monoisotopic (exact) mass is 165 g/mol. The third-order valence-corrected chi connectivity index (χ3v) is 1.79. The quantitative estimate of drug-likeness (QED) is 0.682. The van der Waals surface area contributed by atoms with E-state index in [0.717, 1.165) is 17.1 Å². The molecule has 66 valence electrons. The zero-order chi connectivity index (χ0) is 9.35. The maximum absolute atomic E-state index is 5.93. The SMILES string of the molecule is Cc1ncc(C(C)(C)N)c(C)n1. The molecule has 2 N–H and O–H groups in total. The Morgan fingerprint density at radius 3 is 2.33 bits per heavy atom. The summed E-state index contributed by atoms with van der Waals surface area (Å²) in [7, 11) is 0. The van der Waals surface area contributed by atoms with Crippen molar-refractivity contribution in [2.24, 2.45) is 5.73 Å². The summed E-state index contributed by atoms with van der Waals surface area (Å²) in [6, 6.07) is 0. The van der Waals surface area contributed by atoms with E-state index in [2.05, 4.69) is 9.97 Å². The van der Waals surface area contributed by atoms with Crippen LogP contribution in [0.15, 0.2) is 6.20 Å². The Morgan fingerprint density at radius 2 is 1.92 bits per heavy atom. The summed E-state index contributed by atoms with van der Waals surface area (Å²) in [5, 5.41) is 0. The molecule has 0 amide bonds. The van der Waals surface area contributed by atoms with Gasteiger partial charge in [0.25, 0.3) is 0 Å². The molecular formula is C9H15N3. The lowest BCUT2D eigenvalue weighted by Gasteiger charge is -2.20. The lowest BCUT2D eigenvalue weighted by Crippen LogP contribution is -2.30. The highest BCUT2D eigenvalue weighted by molar-refractivity contribution is 5.23. The van der Waals surface area contributed by atoms with Gasteiger partial charge in [-0.1, -0.05) is 0 Å². The molecule has 0 aliphatic carbocycles. The number of nitrogens with two attached hydrogens (primary N) is 1. The third-order valence-electron chi connectivity index (χ3n) is 1.79. The summed E-state index contributed by atoms with van der Waals surface area (Å²) < 4.78 is 0. The molecule has 0 unspecified atom stereocenters. The van der Waals surface area contributed by atoms with Crippen molar-refractivity contribution in [2.75, 3.05) is 0 Å². The van der Waals surface area contributed by atoms with E-state index in [1.165, 1.54) is 0 Å². The summed E-state index contributed by atoms with van der Waals surface area (Å²) in [5.74, 6) is 0.792.